The van der Waals surface area contributed by atoms with E-state index in [1.165, 1.54) is 18.2 Å². The predicted molar refractivity (Wildman–Crippen MR) is 90.3 cm³/mol. The van der Waals surface area contributed by atoms with Crippen molar-refractivity contribution in [3.8, 4) is 0 Å². The van der Waals surface area contributed by atoms with Crippen LogP contribution in [0.3, 0.4) is 0 Å². The van der Waals surface area contributed by atoms with Crippen molar-refractivity contribution in [3.05, 3.63) is 63.4 Å². The van der Waals surface area contributed by atoms with Crippen LogP contribution in [0.4, 0.5) is 4.39 Å². The van der Waals surface area contributed by atoms with E-state index in [-0.39, 0.29) is 12.2 Å². The number of carbonyl (C=O) groups is 1. The SMILES string of the molecule is CC1(C)OB(O)c2cc(CC(=O)c3ccc(F)cc3Br)ccc21. The Hall–Kier alpha value is -1.50. The van der Waals surface area contributed by atoms with Gasteiger partial charge in [0.25, 0.3) is 0 Å². The average molecular weight is 377 g/mol. The van der Waals surface area contributed by atoms with E-state index in [4.69, 9.17) is 4.65 Å². The Balaban J connectivity index is 1.87. The molecule has 0 aliphatic carbocycles. The maximum atomic E-state index is 13.1. The molecule has 118 valence electrons. The van der Waals surface area contributed by atoms with Gasteiger partial charge in [0, 0.05) is 16.5 Å². The van der Waals surface area contributed by atoms with Crippen LogP contribution in [0.15, 0.2) is 40.9 Å². The van der Waals surface area contributed by atoms with Crippen LogP contribution in [0.1, 0.15) is 35.3 Å². The van der Waals surface area contributed by atoms with Gasteiger partial charge in [-0.1, -0.05) is 18.2 Å². The highest BCUT2D eigenvalue weighted by Crippen LogP contribution is 2.30. The average Bonchev–Trinajstić information content (AvgIpc) is 2.68. The van der Waals surface area contributed by atoms with Gasteiger partial charge in [0.05, 0.1) is 5.60 Å². The molecule has 0 atom stereocenters. The quantitative estimate of drug-likeness (QED) is 0.661. The monoisotopic (exact) mass is 376 g/mol. The number of Topliss-reactive ketones (excluding diaryl/α,β-unsaturated/α-hetero) is 1. The lowest BCUT2D eigenvalue weighted by Gasteiger charge is -2.19. The summed E-state index contributed by atoms with van der Waals surface area (Å²) in [6.45, 7) is 3.78. The summed E-state index contributed by atoms with van der Waals surface area (Å²) >= 11 is 3.21. The standard InChI is InChI=1S/C17H15BBrFO3/c1-17(2)13-6-3-10(7-14(13)18(22)23-17)8-16(21)12-5-4-11(20)9-15(12)19/h3-7,9,22H,8H2,1-2H3. The molecule has 0 unspecified atom stereocenters. The van der Waals surface area contributed by atoms with Gasteiger partial charge in [0.15, 0.2) is 5.78 Å². The molecule has 0 aromatic heterocycles. The van der Waals surface area contributed by atoms with Gasteiger partial charge in [-0.05, 0) is 64.6 Å². The largest absolute Gasteiger partial charge is 0.492 e. The molecule has 2 aromatic rings. The van der Waals surface area contributed by atoms with Gasteiger partial charge in [0.1, 0.15) is 5.82 Å². The lowest BCUT2D eigenvalue weighted by molar-refractivity contribution is 0.0990. The molecule has 0 fully saturated rings. The Labute approximate surface area is 142 Å². The summed E-state index contributed by atoms with van der Waals surface area (Å²) in [6, 6.07) is 9.54. The molecule has 6 heteroatoms. The van der Waals surface area contributed by atoms with Crippen molar-refractivity contribution >= 4 is 34.3 Å². The normalized spacial score (nSPS) is 15.6. The van der Waals surface area contributed by atoms with Crippen molar-refractivity contribution < 1.29 is 18.9 Å². The molecule has 23 heavy (non-hydrogen) atoms. The molecule has 1 aliphatic heterocycles. The first kappa shape index (κ1) is 16.4. The molecule has 1 aliphatic rings. The van der Waals surface area contributed by atoms with Crippen LogP contribution in [-0.4, -0.2) is 17.9 Å². The van der Waals surface area contributed by atoms with E-state index < -0.39 is 18.5 Å². The molecule has 0 bridgehead atoms. The summed E-state index contributed by atoms with van der Waals surface area (Å²) in [7, 11) is -0.979. The summed E-state index contributed by atoms with van der Waals surface area (Å²) in [5.74, 6) is -0.516. The van der Waals surface area contributed by atoms with Gasteiger partial charge in [-0.2, -0.15) is 0 Å². The van der Waals surface area contributed by atoms with Crippen molar-refractivity contribution in [1.29, 1.82) is 0 Å². The Kier molecular flexibility index (Phi) is 4.17. The molecular formula is C17H15BBrFO3. The zero-order chi connectivity index (χ0) is 16.8. The maximum Gasteiger partial charge on any atom is 0.492 e. The minimum atomic E-state index is -0.979. The third-order valence-electron chi connectivity index (χ3n) is 4.03. The fraction of sp³-hybridized carbons (Fsp3) is 0.235. The van der Waals surface area contributed by atoms with Crippen LogP contribution < -0.4 is 5.46 Å². The highest BCUT2D eigenvalue weighted by molar-refractivity contribution is 9.10. The number of rotatable bonds is 3. The Morgan fingerprint density at radius 2 is 2.04 bits per heavy atom. The topological polar surface area (TPSA) is 46.5 Å². The molecule has 0 amide bonds. The zero-order valence-electron chi connectivity index (χ0n) is 12.8. The third-order valence-corrected chi connectivity index (χ3v) is 4.69. The first-order valence-electron chi connectivity index (χ1n) is 7.25. The minimum Gasteiger partial charge on any atom is -0.423 e. The smallest absolute Gasteiger partial charge is 0.423 e. The van der Waals surface area contributed by atoms with Crippen molar-refractivity contribution in [2.75, 3.05) is 0 Å². The first-order valence-corrected chi connectivity index (χ1v) is 8.04. The molecule has 3 rings (SSSR count). The van der Waals surface area contributed by atoms with Crippen LogP contribution in [0.5, 0.6) is 0 Å². The predicted octanol–water partition coefficient (Wildman–Crippen LogP) is 2.97. The lowest BCUT2D eigenvalue weighted by Crippen LogP contribution is -2.29. The summed E-state index contributed by atoms with van der Waals surface area (Å²) in [6.07, 6.45) is 0.171. The van der Waals surface area contributed by atoms with Gasteiger partial charge >= 0.3 is 7.12 Å². The number of carbonyl (C=O) groups excluding carboxylic acids is 1. The van der Waals surface area contributed by atoms with Crippen molar-refractivity contribution in [3.63, 3.8) is 0 Å². The van der Waals surface area contributed by atoms with Gasteiger partial charge < -0.3 is 9.68 Å². The van der Waals surface area contributed by atoms with E-state index in [1.807, 2.05) is 26.0 Å². The number of fused-ring (bicyclic) bond motifs is 1. The van der Waals surface area contributed by atoms with E-state index >= 15 is 0 Å². The van der Waals surface area contributed by atoms with Crippen LogP contribution >= 0.6 is 15.9 Å². The molecule has 0 saturated heterocycles. The van der Waals surface area contributed by atoms with Crippen molar-refractivity contribution in [2.24, 2.45) is 0 Å². The summed E-state index contributed by atoms with van der Waals surface area (Å²) < 4.78 is 19.1. The number of hydrogen-bond donors (Lipinski definition) is 1. The minimum absolute atomic E-state index is 0.121. The Morgan fingerprint density at radius 3 is 2.74 bits per heavy atom. The van der Waals surface area contributed by atoms with Gasteiger partial charge in [-0.25, -0.2) is 4.39 Å². The summed E-state index contributed by atoms with van der Waals surface area (Å²) in [4.78, 5) is 12.4. The maximum absolute atomic E-state index is 13.1. The van der Waals surface area contributed by atoms with E-state index in [0.717, 1.165) is 11.1 Å². The third kappa shape index (κ3) is 3.11. The highest BCUT2D eigenvalue weighted by atomic mass is 79.9. The summed E-state index contributed by atoms with van der Waals surface area (Å²) in [5, 5.41) is 10.0. The van der Waals surface area contributed by atoms with Crippen LogP contribution in [0.25, 0.3) is 0 Å². The molecule has 3 nitrogen and oxygen atoms in total. The van der Waals surface area contributed by atoms with E-state index in [0.29, 0.717) is 15.5 Å². The second kappa shape index (κ2) is 5.85. The van der Waals surface area contributed by atoms with Crippen molar-refractivity contribution in [1.82, 2.24) is 0 Å². The van der Waals surface area contributed by atoms with E-state index in [1.54, 1.807) is 6.07 Å². The van der Waals surface area contributed by atoms with Crippen LogP contribution in [0, 0.1) is 5.82 Å². The highest BCUT2D eigenvalue weighted by Gasteiger charge is 2.40. The second-order valence-corrected chi connectivity index (χ2v) is 6.98. The number of benzene rings is 2. The number of ketones is 1. The Morgan fingerprint density at radius 1 is 1.30 bits per heavy atom. The zero-order valence-corrected chi connectivity index (χ0v) is 14.4. The van der Waals surface area contributed by atoms with Gasteiger partial charge in [0.2, 0.25) is 0 Å². The van der Waals surface area contributed by atoms with E-state index in [2.05, 4.69) is 15.9 Å². The first-order chi connectivity index (χ1) is 10.8. The fourth-order valence-corrected chi connectivity index (χ4v) is 3.45. The molecule has 1 heterocycles. The molecule has 0 saturated carbocycles. The molecule has 2 aromatic carbocycles. The number of halogens is 2. The molecule has 1 N–H and O–H groups in total. The molecular weight excluding hydrogens is 362 g/mol. The summed E-state index contributed by atoms with van der Waals surface area (Å²) in [5.41, 5.74) is 2.29. The van der Waals surface area contributed by atoms with Crippen molar-refractivity contribution in [2.45, 2.75) is 25.9 Å². The molecule has 0 spiro atoms. The van der Waals surface area contributed by atoms with E-state index in [9.17, 15) is 14.2 Å². The lowest BCUT2D eigenvalue weighted by atomic mass is 9.77. The van der Waals surface area contributed by atoms with Gasteiger partial charge in [-0.3, -0.25) is 4.79 Å². The van der Waals surface area contributed by atoms with Crippen LogP contribution in [-0.2, 0) is 16.7 Å². The number of hydrogen-bond acceptors (Lipinski definition) is 3. The van der Waals surface area contributed by atoms with Gasteiger partial charge in [-0.15, -0.1) is 0 Å². The fourth-order valence-electron chi connectivity index (χ4n) is 2.88. The second-order valence-electron chi connectivity index (χ2n) is 6.13. The molecule has 0 radical (unpaired) electrons. The van der Waals surface area contributed by atoms with Crippen LogP contribution in [0.2, 0.25) is 0 Å². The Bertz CT molecular complexity index is 791.